The smallest absolute Gasteiger partial charge is 0.275 e. The van der Waals surface area contributed by atoms with Crippen LogP contribution in [0, 0.1) is 29.9 Å². The van der Waals surface area contributed by atoms with Crippen molar-refractivity contribution in [1.29, 1.82) is 0 Å². The van der Waals surface area contributed by atoms with Gasteiger partial charge in [0, 0.05) is 23.2 Å². The van der Waals surface area contributed by atoms with Gasteiger partial charge in [0.15, 0.2) is 23.4 Å². The number of nitrogens with zero attached hydrogens (tertiary/aromatic N) is 3. The summed E-state index contributed by atoms with van der Waals surface area (Å²) in [6, 6.07) is 2.03. The standard InChI is InChI=1S/C21H18F3N5O2S/c1-3-4-31-16-9-26-14(8-27-16)18(30)28-11-5-12(17(24)13(23)6-11)20(2)15-7-21(15,10-22)32-19(25)29-20/h1,5-6,8-9,15H,4,7,10H2,2H3,(H2,25,29)(H,28,30)/t15-,20+,21+/m0/s1/i4D2. The Bertz CT molecular complexity index is 1240. The van der Waals surface area contributed by atoms with Crippen LogP contribution in [0.3, 0.4) is 0 Å². The summed E-state index contributed by atoms with van der Waals surface area (Å²) in [6.07, 6.45) is 7.38. The Morgan fingerprint density at radius 1 is 1.47 bits per heavy atom. The minimum Gasteiger partial charge on any atom is -0.463 e. The van der Waals surface area contributed by atoms with Gasteiger partial charge in [0.2, 0.25) is 5.88 Å². The second-order valence-corrected chi connectivity index (χ2v) is 8.95. The average Bonchev–Trinajstić information content (AvgIpc) is 3.52. The monoisotopic (exact) mass is 463 g/mol. The Balaban J connectivity index is 1.59. The maximum atomic E-state index is 14.8. The molecule has 2 aromatic rings. The molecule has 11 heteroatoms. The minimum absolute atomic E-state index is 0.0787. The lowest BCUT2D eigenvalue weighted by Crippen LogP contribution is -2.37. The average molecular weight is 463 g/mol. The number of thioether (sulfide) groups is 1. The Hall–Kier alpha value is -3.26. The number of ether oxygens (including phenoxy) is 1. The first-order valence-electron chi connectivity index (χ1n) is 10.3. The zero-order valence-electron chi connectivity index (χ0n) is 18.7. The van der Waals surface area contributed by atoms with Crippen LogP contribution < -0.4 is 15.8 Å². The number of carbonyl (C=O) groups excluding carboxylic acids is 1. The molecule has 0 saturated heterocycles. The largest absolute Gasteiger partial charge is 0.463 e. The molecule has 2 heterocycles. The molecule has 7 nitrogen and oxygen atoms in total. The number of aliphatic imine (C=N–C) groups is 1. The van der Waals surface area contributed by atoms with Crippen LogP contribution in [0.4, 0.5) is 18.9 Å². The second kappa shape index (κ2) is 8.02. The van der Waals surface area contributed by atoms with Gasteiger partial charge < -0.3 is 15.8 Å². The van der Waals surface area contributed by atoms with Gasteiger partial charge in [-0.15, -0.1) is 6.42 Å². The van der Waals surface area contributed by atoms with Crippen molar-refractivity contribution in [3.8, 4) is 18.2 Å². The van der Waals surface area contributed by atoms with Crippen molar-refractivity contribution in [3.05, 3.63) is 47.4 Å². The molecule has 0 spiro atoms. The predicted molar refractivity (Wildman–Crippen MR) is 114 cm³/mol. The molecule has 1 aromatic carbocycles. The number of carbonyl (C=O) groups is 1. The van der Waals surface area contributed by atoms with Crippen molar-refractivity contribution in [2.75, 3.05) is 18.6 Å². The maximum Gasteiger partial charge on any atom is 0.275 e. The molecule has 2 aliphatic rings. The Labute approximate surface area is 188 Å². The van der Waals surface area contributed by atoms with Gasteiger partial charge in [-0.05, 0) is 19.4 Å². The molecule has 3 atom stereocenters. The number of benzene rings is 1. The topological polar surface area (TPSA) is 102 Å². The molecule has 32 heavy (non-hydrogen) atoms. The molecular formula is C21H18F3N5O2S. The zero-order valence-corrected chi connectivity index (χ0v) is 17.5. The first-order chi connectivity index (χ1) is 15.9. The van der Waals surface area contributed by atoms with E-state index in [0.717, 1.165) is 30.2 Å². The minimum atomic E-state index is -2.42. The third kappa shape index (κ3) is 3.75. The number of hydrogen-bond acceptors (Lipinski definition) is 7. The van der Waals surface area contributed by atoms with Gasteiger partial charge in [-0.1, -0.05) is 17.7 Å². The maximum absolute atomic E-state index is 14.8. The van der Waals surface area contributed by atoms with E-state index < -0.39 is 47.0 Å². The molecule has 1 aromatic heterocycles. The fourth-order valence-corrected chi connectivity index (χ4v) is 5.19. The Morgan fingerprint density at radius 2 is 2.25 bits per heavy atom. The number of anilines is 1. The predicted octanol–water partition coefficient (Wildman–Crippen LogP) is 3.02. The van der Waals surface area contributed by atoms with Gasteiger partial charge in [-0.3, -0.25) is 9.79 Å². The third-order valence-corrected chi connectivity index (χ3v) is 6.75. The van der Waals surface area contributed by atoms with Crippen LogP contribution in [0.2, 0.25) is 0 Å². The van der Waals surface area contributed by atoms with Crippen LogP contribution >= 0.6 is 11.8 Å². The lowest BCUT2D eigenvalue weighted by atomic mass is 9.85. The molecule has 1 aliphatic heterocycles. The van der Waals surface area contributed by atoms with Gasteiger partial charge in [-0.25, -0.2) is 23.1 Å². The van der Waals surface area contributed by atoms with E-state index in [2.05, 4.69) is 20.3 Å². The molecule has 0 radical (unpaired) electrons. The van der Waals surface area contributed by atoms with E-state index in [1.165, 1.54) is 6.07 Å². The molecule has 1 amide bonds. The molecule has 0 bridgehead atoms. The molecule has 1 saturated carbocycles. The lowest BCUT2D eigenvalue weighted by Gasteiger charge is -2.33. The highest BCUT2D eigenvalue weighted by molar-refractivity contribution is 8.15. The SMILES string of the molecule is [2H]C([2H])(C#C)Oc1cnc(C(=O)Nc2cc(F)c(F)c([C@@]3(C)N=C(N)S[C@@]4(CF)C[C@H]43)c2)cn1. The first-order valence-corrected chi connectivity index (χ1v) is 10.1. The van der Waals surface area contributed by atoms with Gasteiger partial charge in [0.05, 0.1) is 25.4 Å². The second-order valence-electron chi connectivity index (χ2n) is 7.52. The molecule has 1 aliphatic carbocycles. The molecular weight excluding hydrogens is 443 g/mol. The highest BCUT2D eigenvalue weighted by atomic mass is 32.2. The number of aromatic nitrogens is 2. The number of fused-ring (bicyclic) bond motifs is 1. The number of amides is 1. The van der Waals surface area contributed by atoms with Crippen LogP contribution in [0.15, 0.2) is 29.5 Å². The van der Waals surface area contributed by atoms with E-state index in [1.807, 2.05) is 0 Å². The first kappa shape index (κ1) is 19.4. The van der Waals surface area contributed by atoms with E-state index >= 15 is 0 Å². The summed E-state index contributed by atoms with van der Waals surface area (Å²) >= 11 is 1.09. The van der Waals surface area contributed by atoms with E-state index in [9.17, 15) is 18.0 Å². The van der Waals surface area contributed by atoms with Gasteiger partial charge in [0.25, 0.3) is 5.91 Å². The highest BCUT2D eigenvalue weighted by Gasteiger charge is 2.66. The Kier molecular flexibility index (Phi) is 4.87. The van der Waals surface area contributed by atoms with Crippen LogP contribution in [0.25, 0.3) is 0 Å². The van der Waals surface area contributed by atoms with Crippen molar-refractivity contribution in [2.45, 2.75) is 23.6 Å². The highest BCUT2D eigenvalue weighted by Crippen LogP contribution is 2.66. The zero-order chi connectivity index (χ0) is 24.9. The van der Waals surface area contributed by atoms with Crippen molar-refractivity contribution in [2.24, 2.45) is 16.6 Å². The molecule has 1 fully saturated rings. The van der Waals surface area contributed by atoms with E-state index in [1.54, 1.807) is 12.8 Å². The fourth-order valence-electron chi connectivity index (χ4n) is 3.86. The van der Waals surface area contributed by atoms with Crippen molar-refractivity contribution in [3.63, 3.8) is 0 Å². The van der Waals surface area contributed by atoms with Crippen molar-refractivity contribution in [1.82, 2.24) is 9.97 Å². The fraction of sp³-hybridized carbons (Fsp3) is 0.333. The Morgan fingerprint density at radius 3 is 2.91 bits per heavy atom. The van der Waals surface area contributed by atoms with Gasteiger partial charge in [-0.2, -0.15) is 0 Å². The van der Waals surface area contributed by atoms with Crippen molar-refractivity contribution >= 4 is 28.5 Å². The number of halogens is 3. The summed E-state index contributed by atoms with van der Waals surface area (Å²) in [6.45, 7) is -1.54. The van der Waals surface area contributed by atoms with E-state index in [4.69, 9.17) is 19.6 Å². The summed E-state index contributed by atoms with van der Waals surface area (Å²) in [4.78, 5) is 24.5. The summed E-state index contributed by atoms with van der Waals surface area (Å²) in [5.74, 6) is -2.06. The van der Waals surface area contributed by atoms with E-state index in [0.29, 0.717) is 6.42 Å². The van der Waals surface area contributed by atoms with Gasteiger partial charge in [0.1, 0.15) is 12.4 Å². The number of rotatable bonds is 6. The summed E-state index contributed by atoms with van der Waals surface area (Å²) in [7, 11) is 0. The normalized spacial score (nSPS) is 27.2. The molecule has 3 N–H and O–H groups in total. The van der Waals surface area contributed by atoms with Crippen LogP contribution in [-0.4, -0.2) is 39.0 Å². The number of amidine groups is 1. The molecule has 0 unspecified atom stereocenters. The third-order valence-electron chi connectivity index (χ3n) is 5.49. The quantitative estimate of drug-likeness (QED) is 0.639. The summed E-state index contributed by atoms with van der Waals surface area (Å²) in [5, 5.41) is 2.49. The van der Waals surface area contributed by atoms with Gasteiger partial charge >= 0.3 is 0 Å². The lowest BCUT2D eigenvalue weighted by molar-refractivity contribution is 0.102. The molecule has 166 valence electrons. The van der Waals surface area contributed by atoms with E-state index in [-0.39, 0.29) is 28.0 Å². The van der Waals surface area contributed by atoms with Crippen LogP contribution in [0.5, 0.6) is 5.88 Å². The van der Waals surface area contributed by atoms with Crippen LogP contribution in [-0.2, 0) is 5.54 Å². The number of terminal acetylenes is 1. The summed E-state index contributed by atoms with van der Waals surface area (Å²) < 4.78 is 61.8. The van der Waals surface area contributed by atoms with Crippen LogP contribution in [0.1, 0.15) is 32.1 Å². The number of nitrogens with two attached hydrogens (primary N) is 1. The molecule has 4 rings (SSSR count). The number of alkyl halides is 1. The van der Waals surface area contributed by atoms with Crippen molar-refractivity contribution < 1.29 is 25.4 Å². The number of nitrogens with one attached hydrogen (secondary N) is 1. The summed E-state index contributed by atoms with van der Waals surface area (Å²) in [5.41, 5.74) is 4.11. The number of hydrogen-bond donors (Lipinski definition) is 2.